The Hall–Kier alpha value is -3.68. The number of carbonyl (C=O) groups is 2. The van der Waals surface area contributed by atoms with Crippen LogP contribution in [0.2, 0.25) is 0 Å². The Kier molecular flexibility index (Phi) is 8.36. The number of aryl methyl sites for hydroxylation is 3. The maximum absolute atomic E-state index is 11.9. The van der Waals surface area contributed by atoms with E-state index in [2.05, 4.69) is 15.5 Å². The number of aromatic nitrogens is 2. The standard InChI is InChI=1S/C24H27N3O5/c1-17-3-5-18(6-4-17)7-12-21(28)25-15-16-31-23(29)14-13-22-26-24(27-32-22)19-8-10-20(30-2)11-9-19/h3-6,8-11H,7,12-16H2,1-2H3,(H,25,28). The van der Waals surface area contributed by atoms with Crippen LogP contribution in [0.25, 0.3) is 11.4 Å². The van der Waals surface area contributed by atoms with Crippen molar-refractivity contribution in [1.82, 2.24) is 15.5 Å². The van der Waals surface area contributed by atoms with E-state index in [1.807, 2.05) is 55.5 Å². The fourth-order valence-electron chi connectivity index (χ4n) is 2.95. The fourth-order valence-corrected chi connectivity index (χ4v) is 2.95. The first-order valence-electron chi connectivity index (χ1n) is 10.5. The molecule has 0 atom stereocenters. The van der Waals surface area contributed by atoms with Crippen LogP contribution in [0.3, 0.4) is 0 Å². The summed E-state index contributed by atoms with van der Waals surface area (Å²) in [5.74, 6) is 1.09. The number of methoxy groups -OCH3 is 1. The molecule has 3 rings (SSSR count). The van der Waals surface area contributed by atoms with Crippen LogP contribution in [0.1, 0.15) is 29.9 Å². The van der Waals surface area contributed by atoms with Crippen LogP contribution in [-0.2, 0) is 27.2 Å². The Balaban J connectivity index is 1.30. The van der Waals surface area contributed by atoms with Crippen molar-refractivity contribution in [2.24, 2.45) is 0 Å². The van der Waals surface area contributed by atoms with E-state index < -0.39 is 0 Å². The van der Waals surface area contributed by atoms with Gasteiger partial charge in [-0.2, -0.15) is 4.98 Å². The molecule has 0 aliphatic carbocycles. The third-order valence-corrected chi connectivity index (χ3v) is 4.81. The summed E-state index contributed by atoms with van der Waals surface area (Å²) in [4.78, 5) is 28.1. The van der Waals surface area contributed by atoms with Gasteiger partial charge in [-0.25, -0.2) is 0 Å². The lowest BCUT2D eigenvalue weighted by Crippen LogP contribution is -2.28. The van der Waals surface area contributed by atoms with E-state index in [-0.39, 0.29) is 37.9 Å². The average Bonchev–Trinajstić information content (AvgIpc) is 3.29. The summed E-state index contributed by atoms with van der Waals surface area (Å²) in [6.45, 7) is 2.43. The third kappa shape index (κ3) is 7.23. The van der Waals surface area contributed by atoms with Gasteiger partial charge in [0.25, 0.3) is 0 Å². The largest absolute Gasteiger partial charge is 0.497 e. The minimum Gasteiger partial charge on any atom is -0.497 e. The molecule has 168 valence electrons. The molecule has 2 aromatic carbocycles. The quantitative estimate of drug-likeness (QED) is 0.363. The second kappa shape index (κ2) is 11.6. The molecule has 0 fully saturated rings. The van der Waals surface area contributed by atoms with Crippen LogP contribution in [0.15, 0.2) is 53.1 Å². The molecule has 0 unspecified atom stereocenters. The van der Waals surface area contributed by atoms with E-state index in [0.717, 1.165) is 16.9 Å². The van der Waals surface area contributed by atoms with E-state index in [0.29, 0.717) is 24.6 Å². The summed E-state index contributed by atoms with van der Waals surface area (Å²) in [6.07, 6.45) is 1.47. The van der Waals surface area contributed by atoms with Gasteiger partial charge >= 0.3 is 5.97 Å². The highest BCUT2D eigenvalue weighted by Gasteiger charge is 2.12. The summed E-state index contributed by atoms with van der Waals surface area (Å²) in [6, 6.07) is 15.4. The zero-order valence-electron chi connectivity index (χ0n) is 18.3. The molecule has 1 heterocycles. The monoisotopic (exact) mass is 437 g/mol. The molecule has 0 spiro atoms. The van der Waals surface area contributed by atoms with Crippen molar-refractivity contribution in [2.75, 3.05) is 20.3 Å². The van der Waals surface area contributed by atoms with Crippen LogP contribution in [0, 0.1) is 6.92 Å². The molecular weight excluding hydrogens is 410 g/mol. The van der Waals surface area contributed by atoms with Crippen LogP contribution < -0.4 is 10.1 Å². The Morgan fingerprint density at radius 1 is 1.00 bits per heavy atom. The number of amides is 1. The summed E-state index contributed by atoms with van der Waals surface area (Å²) in [7, 11) is 1.60. The normalized spacial score (nSPS) is 10.6. The number of carbonyl (C=O) groups excluding carboxylic acids is 2. The zero-order chi connectivity index (χ0) is 22.8. The number of ether oxygens (including phenoxy) is 2. The highest BCUT2D eigenvalue weighted by Crippen LogP contribution is 2.20. The minimum absolute atomic E-state index is 0.0708. The molecule has 32 heavy (non-hydrogen) atoms. The van der Waals surface area contributed by atoms with Gasteiger partial charge in [0.15, 0.2) is 0 Å². The van der Waals surface area contributed by atoms with Gasteiger partial charge in [-0.3, -0.25) is 9.59 Å². The number of nitrogens with zero attached hydrogens (tertiary/aromatic N) is 2. The number of benzene rings is 2. The molecule has 1 aromatic heterocycles. The van der Waals surface area contributed by atoms with Crippen molar-refractivity contribution in [3.8, 4) is 17.1 Å². The molecule has 1 amide bonds. The average molecular weight is 437 g/mol. The van der Waals surface area contributed by atoms with Crippen molar-refractivity contribution in [2.45, 2.75) is 32.6 Å². The van der Waals surface area contributed by atoms with Crippen LogP contribution in [-0.4, -0.2) is 42.3 Å². The Labute approximate surface area is 186 Å². The van der Waals surface area contributed by atoms with E-state index in [1.165, 1.54) is 5.56 Å². The topological polar surface area (TPSA) is 104 Å². The van der Waals surface area contributed by atoms with Gasteiger partial charge < -0.3 is 19.3 Å². The molecule has 3 aromatic rings. The van der Waals surface area contributed by atoms with Gasteiger partial charge in [-0.1, -0.05) is 35.0 Å². The van der Waals surface area contributed by atoms with Crippen molar-refractivity contribution >= 4 is 11.9 Å². The van der Waals surface area contributed by atoms with Crippen molar-refractivity contribution < 1.29 is 23.6 Å². The van der Waals surface area contributed by atoms with Crippen LogP contribution in [0.4, 0.5) is 0 Å². The van der Waals surface area contributed by atoms with E-state index in [1.54, 1.807) is 7.11 Å². The second-order valence-electron chi connectivity index (χ2n) is 7.30. The van der Waals surface area contributed by atoms with Crippen molar-refractivity contribution in [3.63, 3.8) is 0 Å². The Morgan fingerprint density at radius 2 is 1.75 bits per heavy atom. The first kappa shape index (κ1) is 23.0. The van der Waals surface area contributed by atoms with Gasteiger partial charge in [-0.05, 0) is 43.2 Å². The number of nitrogens with one attached hydrogen (secondary N) is 1. The molecule has 0 aliphatic heterocycles. The molecule has 1 N–H and O–H groups in total. The Morgan fingerprint density at radius 3 is 2.47 bits per heavy atom. The van der Waals surface area contributed by atoms with Crippen molar-refractivity contribution in [1.29, 1.82) is 0 Å². The van der Waals surface area contributed by atoms with E-state index in [4.69, 9.17) is 14.0 Å². The summed E-state index contributed by atoms with van der Waals surface area (Å²) < 4.78 is 15.5. The van der Waals surface area contributed by atoms with Gasteiger partial charge in [0.1, 0.15) is 12.4 Å². The van der Waals surface area contributed by atoms with Gasteiger partial charge in [0.2, 0.25) is 17.6 Å². The van der Waals surface area contributed by atoms with E-state index in [9.17, 15) is 9.59 Å². The lowest BCUT2D eigenvalue weighted by atomic mass is 10.1. The number of hydrogen-bond donors (Lipinski definition) is 1. The predicted octanol–water partition coefficient (Wildman–Crippen LogP) is 3.28. The predicted molar refractivity (Wildman–Crippen MR) is 118 cm³/mol. The van der Waals surface area contributed by atoms with Crippen molar-refractivity contribution in [3.05, 3.63) is 65.5 Å². The lowest BCUT2D eigenvalue weighted by Gasteiger charge is -2.07. The molecule has 8 nitrogen and oxygen atoms in total. The molecule has 8 heteroatoms. The smallest absolute Gasteiger partial charge is 0.306 e. The molecule has 0 bridgehead atoms. The first-order valence-corrected chi connectivity index (χ1v) is 10.5. The minimum atomic E-state index is -0.386. The summed E-state index contributed by atoms with van der Waals surface area (Å²) >= 11 is 0. The lowest BCUT2D eigenvalue weighted by molar-refractivity contribution is -0.144. The van der Waals surface area contributed by atoms with Gasteiger partial charge in [-0.15, -0.1) is 0 Å². The number of rotatable bonds is 11. The zero-order valence-corrected chi connectivity index (χ0v) is 18.3. The summed E-state index contributed by atoms with van der Waals surface area (Å²) in [5, 5.41) is 6.69. The molecule has 0 aliphatic rings. The fraction of sp³-hybridized carbons (Fsp3) is 0.333. The van der Waals surface area contributed by atoms with Gasteiger partial charge in [0.05, 0.1) is 20.1 Å². The molecule has 0 radical (unpaired) electrons. The number of esters is 1. The number of hydrogen-bond acceptors (Lipinski definition) is 7. The highest BCUT2D eigenvalue weighted by molar-refractivity contribution is 5.76. The molecule has 0 saturated heterocycles. The maximum atomic E-state index is 11.9. The second-order valence-corrected chi connectivity index (χ2v) is 7.30. The third-order valence-electron chi connectivity index (χ3n) is 4.81. The molecule has 0 saturated carbocycles. The molecular formula is C24H27N3O5. The van der Waals surface area contributed by atoms with Crippen LogP contribution >= 0.6 is 0 Å². The highest BCUT2D eigenvalue weighted by atomic mass is 16.5. The Bertz CT molecular complexity index is 1010. The maximum Gasteiger partial charge on any atom is 0.306 e. The van der Waals surface area contributed by atoms with E-state index >= 15 is 0 Å². The first-order chi connectivity index (χ1) is 15.5. The van der Waals surface area contributed by atoms with Gasteiger partial charge in [0, 0.05) is 18.4 Å². The van der Waals surface area contributed by atoms with Crippen LogP contribution in [0.5, 0.6) is 5.75 Å². The SMILES string of the molecule is COc1ccc(-c2noc(CCC(=O)OCCNC(=O)CCc3ccc(C)cc3)n2)cc1. The summed E-state index contributed by atoms with van der Waals surface area (Å²) in [5.41, 5.74) is 3.10.